The Morgan fingerprint density at radius 1 is 1.19 bits per heavy atom. The van der Waals surface area contributed by atoms with Crippen molar-refractivity contribution >= 4 is 6.09 Å². The highest BCUT2D eigenvalue weighted by atomic mass is 16.6. The number of carbonyl (C=O) groups is 1. The molecule has 21 heavy (non-hydrogen) atoms. The standard InChI is InChI=1S/C17H28N2O2/c1-5-14-7-6-8-15(13-14)18-9-11-19(12-10-18)16(20)21-17(2,3)4/h1,14-15H,6-13H2,2-4H3/t14-,15-/m1/s1. The molecule has 0 unspecified atom stereocenters. The first kappa shape index (κ1) is 16.2. The quantitative estimate of drug-likeness (QED) is 0.697. The van der Waals surface area contributed by atoms with Crippen LogP contribution in [-0.2, 0) is 4.74 Å². The summed E-state index contributed by atoms with van der Waals surface area (Å²) in [6.07, 6.45) is 10.1. The molecular weight excluding hydrogens is 264 g/mol. The molecule has 1 saturated heterocycles. The molecule has 1 aliphatic carbocycles. The third-order valence-corrected chi connectivity index (χ3v) is 4.36. The van der Waals surface area contributed by atoms with Crippen LogP contribution in [0, 0.1) is 18.3 Å². The van der Waals surface area contributed by atoms with Crippen molar-refractivity contribution in [2.75, 3.05) is 26.2 Å². The fraction of sp³-hybridized carbons (Fsp3) is 0.824. The number of ether oxygens (including phenoxy) is 1. The maximum atomic E-state index is 12.1. The molecule has 0 aromatic carbocycles. The minimum atomic E-state index is -0.419. The van der Waals surface area contributed by atoms with Gasteiger partial charge in [0.1, 0.15) is 5.60 Å². The molecule has 2 rings (SSSR count). The Kier molecular flexibility index (Phi) is 5.16. The van der Waals surface area contributed by atoms with Gasteiger partial charge >= 0.3 is 6.09 Å². The normalized spacial score (nSPS) is 28.0. The Labute approximate surface area is 128 Å². The van der Waals surface area contributed by atoms with E-state index in [9.17, 15) is 4.79 Å². The number of amides is 1. The Morgan fingerprint density at radius 3 is 2.43 bits per heavy atom. The van der Waals surface area contributed by atoms with E-state index in [2.05, 4.69) is 10.8 Å². The summed E-state index contributed by atoms with van der Waals surface area (Å²) < 4.78 is 5.43. The first-order valence-electron chi connectivity index (χ1n) is 8.07. The predicted octanol–water partition coefficient (Wildman–Crippen LogP) is 2.73. The third kappa shape index (κ3) is 4.64. The van der Waals surface area contributed by atoms with Gasteiger partial charge in [-0.1, -0.05) is 6.42 Å². The van der Waals surface area contributed by atoms with E-state index in [1.807, 2.05) is 25.7 Å². The molecule has 118 valence electrons. The third-order valence-electron chi connectivity index (χ3n) is 4.36. The van der Waals surface area contributed by atoms with E-state index in [1.54, 1.807) is 0 Å². The van der Waals surface area contributed by atoms with Crippen LogP contribution < -0.4 is 0 Å². The van der Waals surface area contributed by atoms with Crippen molar-refractivity contribution in [1.29, 1.82) is 0 Å². The lowest BCUT2D eigenvalue weighted by Gasteiger charge is -2.41. The summed E-state index contributed by atoms with van der Waals surface area (Å²) in [4.78, 5) is 16.4. The highest BCUT2D eigenvalue weighted by Gasteiger charge is 2.31. The van der Waals surface area contributed by atoms with E-state index in [-0.39, 0.29) is 6.09 Å². The molecule has 1 heterocycles. The van der Waals surface area contributed by atoms with E-state index in [0.29, 0.717) is 12.0 Å². The molecule has 2 fully saturated rings. The topological polar surface area (TPSA) is 32.8 Å². The first-order chi connectivity index (χ1) is 9.89. The Morgan fingerprint density at radius 2 is 1.86 bits per heavy atom. The van der Waals surface area contributed by atoms with Gasteiger partial charge in [0.2, 0.25) is 0 Å². The lowest BCUT2D eigenvalue weighted by molar-refractivity contribution is 0.00738. The summed E-state index contributed by atoms with van der Waals surface area (Å²) in [6, 6.07) is 0.598. The predicted molar refractivity (Wildman–Crippen MR) is 84.0 cm³/mol. The molecule has 0 radical (unpaired) electrons. The zero-order valence-corrected chi connectivity index (χ0v) is 13.6. The molecule has 1 saturated carbocycles. The second-order valence-corrected chi connectivity index (χ2v) is 7.19. The molecule has 4 heteroatoms. The zero-order chi connectivity index (χ0) is 15.5. The maximum Gasteiger partial charge on any atom is 0.410 e. The average Bonchev–Trinajstić information content (AvgIpc) is 2.46. The van der Waals surface area contributed by atoms with E-state index in [4.69, 9.17) is 11.2 Å². The fourth-order valence-corrected chi connectivity index (χ4v) is 3.24. The van der Waals surface area contributed by atoms with Crippen LogP contribution in [0.15, 0.2) is 0 Å². The van der Waals surface area contributed by atoms with Gasteiger partial charge < -0.3 is 9.64 Å². The van der Waals surface area contributed by atoms with E-state index >= 15 is 0 Å². The number of carbonyl (C=O) groups excluding carboxylic acids is 1. The van der Waals surface area contributed by atoms with E-state index in [1.165, 1.54) is 19.3 Å². The summed E-state index contributed by atoms with van der Waals surface area (Å²) in [5.74, 6) is 3.35. The van der Waals surface area contributed by atoms with Crippen LogP contribution in [-0.4, -0.2) is 53.7 Å². The highest BCUT2D eigenvalue weighted by molar-refractivity contribution is 5.68. The van der Waals surface area contributed by atoms with Gasteiger partial charge in [0.25, 0.3) is 0 Å². The Balaban J connectivity index is 1.80. The SMILES string of the molecule is C#C[C@@H]1CCC[C@@H](N2CCN(C(=O)OC(C)(C)C)CC2)C1. The molecule has 0 spiro atoms. The second kappa shape index (κ2) is 6.70. The van der Waals surface area contributed by atoms with Crippen LogP contribution >= 0.6 is 0 Å². The second-order valence-electron chi connectivity index (χ2n) is 7.19. The molecule has 2 aliphatic rings. The van der Waals surface area contributed by atoms with Crippen molar-refractivity contribution in [2.24, 2.45) is 5.92 Å². The number of hydrogen-bond acceptors (Lipinski definition) is 3. The smallest absolute Gasteiger partial charge is 0.410 e. The Hall–Kier alpha value is -1.21. The highest BCUT2D eigenvalue weighted by Crippen LogP contribution is 2.28. The largest absolute Gasteiger partial charge is 0.444 e. The number of hydrogen-bond donors (Lipinski definition) is 0. The molecular formula is C17H28N2O2. The van der Waals surface area contributed by atoms with Gasteiger partial charge in [-0.2, -0.15) is 0 Å². The summed E-state index contributed by atoms with van der Waals surface area (Å²) in [5, 5.41) is 0. The molecule has 0 bridgehead atoms. The average molecular weight is 292 g/mol. The zero-order valence-electron chi connectivity index (χ0n) is 13.6. The number of piperazine rings is 1. The van der Waals surface area contributed by atoms with Crippen LogP contribution in [0.1, 0.15) is 46.5 Å². The van der Waals surface area contributed by atoms with Crippen molar-refractivity contribution in [3.05, 3.63) is 0 Å². The summed E-state index contributed by atoms with van der Waals surface area (Å²) in [7, 11) is 0. The van der Waals surface area contributed by atoms with Gasteiger partial charge in [-0.25, -0.2) is 4.79 Å². The molecule has 1 amide bonds. The summed E-state index contributed by atoms with van der Waals surface area (Å²) in [5.41, 5.74) is -0.419. The number of rotatable bonds is 1. The molecule has 0 aromatic rings. The summed E-state index contributed by atoms with van der Waals surface area (Å²) in [6.45, 7) is 9.09. The minimum Gasteiger partial charge on any atom is -0.444 e. The van der Waals surface area contributed by atoms with Gasteiger partial charge in [0, 0.05) is 38.1 Å². The minimum absolute atomic E-state index is 0.188. The van der Waals surface area contributed by atoms with Gasteiger partial charge in [-0.05, 0) is 40.0 Å². The molecule has 4 nitrogen and oxygen atoms in total. The van der Waals surface area contributed by atoms with Crippen molar-refractivity contribution in [3.63, 3.8) is 0 Å². The van der Waals surface area contributed by atoms with Gasteiger partial charge in [-0.3, -0.25) is 4.90 Å². The van der Waals surface area contributed by atoms with Crippen LogP contribution in [0.3, 0.4) is 0 Å². The van der Waals surface area contributed by atoms with Gasteiger partial charge in [-0.15, -0.1) is 12.3 Å². The van der Waals surface area contributed by atoms with Crippen molar-refractivity contribution in [2.45, 2.75) is 58.1 Å². The van der Waals surface area contributed by atoms with Gasteiger partial charge in [0.05, 0.1) is 0 Å². The fourth-order valence-electron chi connectivity index (χ4n) is 3.24. The van der Waals surface area contributed by atoms with Crippen molar-refractivity contribution < 1.29 is 9.53 Å². The van der Waals surface area contributed by atoms with E-state index in [0.717, 1.165) is 32.6 Å². The molecule has 0 N–H and O–H groups in total. The monoisotopic (exact) mass is 292 g/mol. The van der Waals surface area contributed by atoms with E-state index < -0.39 is 5.60 Å². The number of nitrogens with zero attached hydrogens (tertiary/aromatic N) is 2. The van der Waals surface area contributed by atoms with Gasteiger partial charge in [0.15, 0.2) is 0 Å². The molecule has 2 atom stereocenters. The van der Waals surface area contributed by atoms with Crippen molar-refractivity contribution in [3.8, 4) is 12.3 Å². The summed E-state index contributed by atoms with van der Waals surface area (Å²) >= 11 is 0. The maximum absolute atomic E-state index is 12.1. The molecule has 1 aliphatic heterocycles. The van der Waals surface area contributed by atoms with Crippen LogP contribution in [0.25, 0.3) is 0 Å². The van der Waals surface area contributed by atoms with Crippen LogP contribution in [0.5, 0.6) is 0 Å². The lowest BCUT2D eigenvalue weighted by Crippen LogP contribution is -2.53. The number of terminal acetylenes is 1. The van der Waals surface area contributed by atoms with Crippen LogP contribution in [0.2, 0.25) is 0 Å². The van der Waals surface area contributed by atoms with Crippen molar-refractivity contribution in [1.82, 2.24) is 9.80 Å². The first-order valence-corrected chi connectivity index (χ1v) is 8.07. The van der Waals surface area contributed by atoms with Crippen LogP contribution in [0.4, 0.5) is 4.79 Å². The lowest BCUT2D eigenvalue weighted by atomic mass is 9.85. The molecule has 0 aromatic heterocycles. The Bertz CT molecular complexity index is 400.